The van der Waals surface area contributed by atoms with Crippen LogP contribution in [0.15, 0.2) is 6.07 Å². The summed E-state index contributed by atoms with van der Waals surface area (Å²) in [6.45, 7) is 3.01. The molecule has 0 aromatic carbocycles. The van der Waals surface area contributed by atoms with Gasteiger partial charge in [0.25, 0.3) is 0 Å². The first-order valence-electron chi connectivity index (χ1n) is 6.68. The van der Waals surface area contributed by atoms with Crippen LogP contribution in [-0.2, 0) is 4.74 Å². The lowest BCUT2D eigenvalue weighted by Gasteiger charge is -2.28. The zero-order valence-corrected chi connectivity index (χ0v) is 11.1. The minimum Gasteiger partial charge on any atom is -0.388 e. The summed E-state index contributed by atoms with van der Waals surface area (Å²) in [5, 5.41) is 9.50. The number of aromatic nitrogens is 2. The standard InChI is InChI=1S/C12H18FN5O2/c13-8-6-18(7-9(8)19)11-5-10(14)15-12(16-11)17-1-3-20-4-2-17/h5,8-9,19H,1-4,6-7H2,(H2,14,15,16)/t8-,9-/m0/s1. The van der Waals surface area contributed by atoms with E-state index >= 15 is 0 Å². The molecule has 0 aliphatic carbocycles. The molecule has 1 aromatic rings. The van der Waals surface area contributed by atoms with Crippen LogP contribution in [0.2, 0.25) is 0 Å². The predicted octanol–water partition coefficient (Wildman–Crippen LogP) is -0.586. The van der Waals surface area contributed by atoms with Crippen LogP contribution in [0.1, 0.15) is 0 Å². The summed E-state index contributed by atoms with van der Waals surface area (Å²) in [6, 6.07) is 1.61. The van der Waals surface area contributed by atoms with Crippen LogP contribution in [0, 0.1) is 0 Å². The van der Waals surface area contributed by atoms with Gasteiger partial charge in [0, 0.05) is 25.7 Å². The molecule has 0 unspecified atom stereocenters. The zero-order valence-electron chi connectivity index (χ0n) is 11.1. The van der Waals surface area contributed by atoms with E-state index in [2.05, 4.69) is 9.97 Å². The van der Waals surface area contributed by atoms with E-state index in [9.17, 15) is 9.50 Å². The van der Waals surface area contributed by atoms with Crippen molar-refractivity contribution in [1.82, 2.24) is 9.97 Å². The number of nitrogens with two attached hydrogens (primary N) is 1. The topological polar surface area (TPSA) is 87.7 Å². The SMILES string of the molecule is Nc1cc(N2C[C@H](O)[C@@H](F)C2)nc(N2CCOCC2)n1. The number of rotatable bonds is 2. The minimum atomic E-state index is -1.25. The molecule has 0 radical (unpaired) electrons. The second-order valence-electron chi connectivity index (χ2n) is 5.04. The van der Waals surface area contributed by atoms with Crippen LogP contribution < -0.4 is 15.5 Å². The number of aliphatic hydroxyl groups is 1. The molecule has 110 valence electrons. The molecule has 1 aromatic heterocycles. The summed E-state index contributed by atoms with van der Waals surface area (Å²) in [7, 11) is 0. The van der Waals surface area contributed by atoms with Gasteiger partial charge in [-0.15, -0.1) is 0 Å². The molecule has 2 saturated heterocycles. The largest absolute Gasteiger partial charge is 0.388 e. The maximum absolute atomic E-state index is 13.4. The Kier molecular flexibility index (Phi) is 3.58. The van der Waals surface area contributed by atoms with Crippen molar-refractivity contribution in [2.75, 3.05) is 54.9 Å². The maximum Gasteiger partial charge on any atom is 0.229 e. The number of hydrogen-bond donors (Lipinski definition) is 2. The van der Waals surface area contributed by atoms with Gasteiger partial charge in [0.15, 0.2) is 0 Å². The van der Waals surface area contributed by atoms with E-state index in [1.54, 1.807) is 11.0 Å². The number of alkyl halides is 1. The molecule has 3 rings (SSSR count). The Morgan fingerprint density at radius 3 is 2.65 bits per heavy atom. The zero-order chi connectivity index (χ0) is 14.1. The summed E-state index contributed by atoms with van der Waals surface area (Å²) >= 11 is 0. The monoisotopic (exact) mass is 283 g/mol. The third kappa shape index (κ3) is 2.61. The van der Waals surface area contributed by atoms with Crippen LogP contribution in [-0.4, -0.2) is 66.7 Å². The van der Waals surface area contributed by atoms with E-state index in [0.717, 1.165) is 0 Å². The fourth-order valence-corrected chi connectivity index (χ4v) is 2.44. The van der Waals surface area contributed by atoms with Crippen LogP contribution in [0.4, 0.5) is 22.0 Å². The first kappa shape index (κ1) is 13.3. The lowest BCUT2D eigenvalue weighted by molar-refractivity contribution is 0.118. The normalized spacial score (nSPS) is 27.1. The molecule has 7 nitrogen and oxygen atoms in total. The molecule has 2 aliphatic rings. The number of morpholine rings is 1. The Labute approximate surface area is 116 Å². The molecule has 8 heteroatoms. The van der Waals surface area contributed by atoms with Crippen LogP contribution in [0.5, 0.6) is 0 Å². The highest BCUT2D eigenvalue weighted by Crippen LogP contribution is 2.24. The molecular formula is C12H18FN5O2. The third-order valence-corrected chi connectivity index (χ3v) is 3.56. The van der Waals surface area contributed by atoms with Crippen molar-refractivity contribution in [2.45, 2.75) is 12.3 Å². The minimum absolute atomic E-state index is 0.125. The van der Waals surface area contributed by atoms with Gasteiger partial charge in [0.2, 0.25) is 5.95 Å². The first-order valence-corrected chi connectivity index (χ1v) is 6.68. The quantitative estimate of drug-likeness (QED) is 0.750. The molecular weight excluding hydrogens is 265 g/mol. The number of halogens is 1. The molecule has 3 heterocycles. The van der Waals surface area contributed by atoms with Gasteiger partial charge in [-0.1, -0.05) is 0 Å². The summed E-state index contributed by atoms with van der Waals surface area (Å²) in [4.78, 5) is 12.3. The van der Waals surface area contributed by atoms with Crippen LogP contribution in [0.25, 0.3) is 0 Å². The lowest BCUT2D eigenvalue weighted by Crippen LogP contribution is -2.37. The highest BCUT2D eigenvalue weighted by molar-refractivity contribution is 5.53. The average Bonchev–Trinajstić information content (AvgIpc) is 2.79. The Bertz CT molecular complexity index is 473. The molecule has 3 N–H and O–H groups in total. The van der Waals surface area contributed by atoms with Gasteiger partial charge in [0.05, 0.1) is 19.8 Å². The van der Waals surface area contributed by atoms with Crippen molar-refractivity contribution in [3.63, 3.8) is 0 Å². The van der Waals surface area contributed by atoms with Gasteiger partial charge in [-0.25, -0.2) is 4.39 Å². The highest BCUT2D eigenvalue weighted by Gasteiger charge is 2.32. The maximum atomic E-state index is 13.4. The van der Waals surface area contributed by atoms with Crippen molar-refractivity contribution < 1.29 is 14.2 Å². The number of nitrogens with zero attached hydrogens (tertiary/aromatic N) is 4. The van der Waals surface area contributed by atoms with Crippen molar-refractivity contribution in [3.05, 3.63) is 6.07 Å². The molecule has 2 aliphatic heterocycles. The van der Waals surface area contributed by atoms with Gasteiger partial charge in [-0.05, 0) is 0 Å². The number of nitrogen functional groups attached to an aromatic ring is 1. The van der Waals surface area contributed by atoms with Crippen molar-refractivity contribution >= 4 is 17.6 Å². The Hall–Kier alpha value is -1.67. The lowest BCUT2D eigenvalue weighted by atomic mass is 10.3. The fourth-order valence-electron chi connectivity index (χ4n) is 2.44. The summed E-state index contributed by atoms with van der Waals surface area (Å²) in [6.07, 6.45) is -2.23. The van der Waals surface area contributed by atoms with E-state index in [4.69, 9.17) is 10.5 Å². The Balaban J connectivity index is 1.83. The van der Waals surface area contributed by atoms with Gasteiger partial charge in [-0.3, -0.25) is 0 Å². The third-order valence-electron chi connectivity index (χ3n) is 3.56. The summed E-state index contributed by atoms with van der Waals surface area (Å²) in [5.41, 5.74) is 5.81. The molecule has 0 spiro atoms. The Morgan fingerprint density at radius 2 is 2.00 bits per heavy atom. The molecule has 2 atom stereocenters. The number of aliphatic hydroxyl groups excluding tert-OH is 1. The second-order valence-corrected chi connectivity index (χ2v) is 5.04. The van der Waals surface area contributed by atoms with Gasteiger partial charge >= 0.3 is 0 Å². The first-order chi connectivity index (χ1) is 9.63. The molecule has 0 saturated carbocycles. The highest BCUT2D eigenvalue weighted by atomic mass is 19.1. The van der Waals surface area contributed by atoms with Crippen molar-refractivity contribution in [2.24, 2.45) is 0 Å². The van der Waals surface area contributed by atoms with Gasteiger partial charge < -0.3 is 25.4 Å². The van der Waals surface area contributed by atoms with E-state index in [1.165, 1.54) is 0 Å². The van der Waals surface area contributed by atoms with Crippen molar-refractivity contribution in [3.8, 4) is 0 Å². The molecule has 2 fully saturated rings. The number of β-amino-alcohol motifs (C(OH)–C–C–N with tert-alkyl or cyclic N) is 1. The average molecular weight is 283 g/mol. The molecule has 20 heavy (non-hydrogen) atoms. The fraction of sp³-hybridized carbons (Fsp3) is 0.667. The number of ether oxygens (including phenoxy) is 1. The van der Waals surface area contributed by atoms with E-state index in [-0.39, 0.29) is 13.1 Å². The van der Waals surface area contributed by atoms with Crippen LogP contribution >= 0.6 is 0 Å². The molecule has 0 bridgehead atoms. The van der Waals surface area contributed by atoms with Crippen molar-refractivity contribution in [1.29, 1.82) is 0 Å². The van der Waals surface area contributed by atoms with E-state index in [0.29, 0.717) is 43.9 Å². The second kappa shape index (κ2) is 5.37. The number of anilines is 3. The van der Waals surface area contributed by atoms with Gasteiger partial charge in [-0.2, -0.15) is 9.97 Å². The Morgan fingerprint density at radius 1 is 1.25 bits per heavy atom. The molecule has 0 amide bonds. The van der Waals surface area contributed by atoms with Crippen LogP contribution in [0.3, 0.4) is 0 Å². The number of hydrogen-bond acceptors (Lipinski definition) is 7. The summed E-state index contributed by atoms with van der Waals surface area (Å²) in [5.74, 6) is 1.42. The summed E-state index contributed by atoms with van der Waals surface area (Å²) < 4.78 is 18.7. The van der Waals surface area contributed by atoms with E-state index in [1.807, 2.05) is 4.90 Å². The smallest absolute Gasteiger partial charge is 0.229 e. The predicted molar refractivity (Wildman–Crippen MR) is 72.6 cm³/mol. The van der Waals surface area contributed by atoms with E-state index < -0.39 is 12.3 Å². The van der Waals surface area contributed by atoms with Gasteiger partial charge in [0.1, 0.15) is 23.9 Å².